The fraction of sp³-hybridized carbons (Fsp3) is 0. The largest absolute Gasteiger partial charge is 0.309 e. The van der Waals surface area contributed by atoms with E-state index in [1.165, 1.54) is 66.3 Å². The summed E-state index contributed by atoms with van der Waals surface area (Å²) in [6.45, 7) is 0. The summed E-state index contributed by atoms with van der Waals surface area (Å²) in [6.07, 6.45) is 0. The lowest BCUT2D eigenvalue weighted by Gasteiger charge is -2.35. The Morgan fingerprint density at radius 1 is 0.333 bits per heavy atom. The standard InChI is InChI=1S/C57H37N3/c1-6-17-38(18-7-1)42-29-32-51-49(35-42)56-53(60(51)54-37-43(39-19-8-2-9-20-39)36-50(58-54)41-23-12-4-13-24-41)34-31-48-47-28-16-27-46-45(40-21-10-3-11-22-40)30-33-52(55(46)47)59(57(48)56)44-25-14-5-15-26-44/h1-37H. The quantitative estimate of drug-likeness (QED) is 0.168. The van der Waals surface area contributed by atoms with Crippen LogP contribution in [0.15, 0.2) is 224 Å². The molecule has 1 aliphatic rings. The molecule has 0 fully saturated rings. The van der Waals surface area contributed by atoms with Crippen LogP contribution >= 0.6 is 0 Å². The lowest BCUT2D eigenvalue weighted by Crippen LogP contribution is -2.15. The third kappa shape index (κ3) is 5.40. The molecule has 0 spiro atoms. The van der Waals surface area contributed by atoms with Crippen molar-refractivity contribution in [2.75, 3.05) is 4.90 Å². The van der Waals surface area contributed by atoms with E-state index < -0.39 is 0 Å². The summed E-state index contributed by atoms with van der Waals surface area (Å²) < 4.78 is 2.39. The van der Waals surface area contributed by atoms with Gasteiger partial charge in [0.1, 0.15) is 5.82 Å². The number of hydrogen-bond acceptors (Lipinski definition) is 2. The first-order chi connectivity index (χ1) is 29.8. The molecular weight excluding hydrogens is 727 g/mol. The summed E-state index contributed by atoms with van der Waals surface area (Å²) >= 11 is 0. The van der Waals surface area contributed by atoms with Crippen molar-refractivity contribution >= 4 is 49.6 Å². The predicted molar refractivity (Wildman–Crippen MR) is 252 cm³/mol. The van der Waals surface area contributed by atoms with Crippen LogP contribution in [0.3, 0.4) is 0 Å². The minimum atomic E-state index is 0.875. The molecule has 0 aliphatic carbocycles. The highest BCUT2D eigenvalue weighted by Crippen LogP contribution is 2.56. The van der Waals surface area contributed by atoms with Gasteiger partial charge >= 0.3 is 0 Å². The molecule has 9 aromatic carbocycles. The van der Waals surface area contributed by atoms with Crippen LogP contribution in [0.1, 0.15) is 0 Å². The number of rotatable bonds is 6. The molecule has 0 atom stereocenters. The molecule has 280 valence electrons. The van der Waals surface area contributed by atoms with Gasteiger partial charge in [-0.25, -0.2) is 4.98 Å². The summed E-state index contributed by atoms with van der Waals surface area (Å²) in [4.78, 5) is 8.00. The van der Waals surface area contributed by atoms with E-state index in [0.29, 0.717) is 0 Å². The van der Waals surface area contributed by atoms with E-state index in [4.69, 9.17) is 4.98 Å². The van der Waals surface area contributed by atoms with Crippen molar-refractivity contribution in [1.29, 1.82) is 0 Å². The van der Waals surface area contributed by atoms with Crippen molar-refractivity contribution in [2.24, 2.45) is 0 Å². The number of pyridine rings is 1. The van der Waals surface area contributed by atoms with Gasteiger partial charge in [0.05, 0.1) is 28.1 Å². The first-order valence-corrected chi connectivity index (χ1v) is 20.6. The molecule has 60 heavy (non-hydrogen) atoms. The maximum absolute atomic E-state index is 5.50. The van der Waals surface area contributed by atoms with Gasteiger partial charge in [-0.1, -0.05) is 176 Å². The molecule has 0 N–H and O–H groups in total. The third-order valence-electron chi connectivity index (χ3n) is 12.1. The zero-order valence-electron chi connectivity index (χ0n) is 32.7. The van der Waals surface area contributed by atoms with Crippen LogP contribution in [0, 0.1) is 0 Å². The molecule has 0 amide bonds. The Bertz CT molecular complexity index is 3340. The van der Waals surface area contributed by atoms with Crippen LogP contribution in [0.5, 0.6) is 0 Å². The first-order valence-electron chi connectivity index (χ1n) is 20.6. The molecule has 0 bridgehead atoms. The number of nitrogens with zero attached hydrogens (tertiary/aromatic N) is 3. The van der Waals surface area contributed by atoms with Gasteiger partial charge in [-0.3, -0.25) is 4.57 Å². The Morgan fingerprint density at radius 3 is 1.63 bits per heavy atom. The van der Waals surface area contributed by atoms with Crippen LogP contribution in [0.2, 0.25) is 0 Å². The molecule has 3 heterocycles. The Morgan fingerprint density at radius 2 is 0.933 bits per heavy atom. The SMILES string of the molecule is c1ccc(-c2cc(-c3ccccc3)nc(-n3c4ccc(-c5ccccc5)cc4c4c5c(ccc43)-c3cccc4c(-c6ccccc6)ccc(c34)N5c3ccccc3)c2)cc1. The van der Waals surface area contributed by atoms with Crippen molar-refractivity contribution in [3.63, 3.8) is 0 Å². The van der Waals surface area contributed by atoms with Crippen LogP contribution in [0.25, 0.3) is 94.2 Å². The fourth-order valence-corrected chi connectivity index (χ4v) is 9.42. The van der Waals surface area contributed by atoms with E-state index in [1.54, 1.807) is 0 Å². The van der Waals surface area contributed by atoms with Gasteiger partial charge in [-0.15, -0.1) is 0 Å². The Balaban J connectivity index is 1.21. The number of fused-ring (bicyclic) bond motifs is 6. The van der Waals surface area contributed by atoms with Gasteiger partial charge in [-0.05, 0) is 92.9 Å². The summed E-state index contributed by atoms with van der Waals surface area (Å²) in [7, 11) is 0. The summed E-state index contributed by atoms with van der Waals surface area (Å²) in [6, 6.07) is 81.0. The first kappa shape index (κ1) is 34.1. The van der Waals surface area contributed by atoms with Crippen molar-refractivity contribution in [3.05, 3.63) is 224 Å². The number of aromatic nitrogens is 2. The van der Waals surface area contributed by atoms with Crippen LogP contribution in [-0.2, 0) is 0 Å². The highest BCUT2D eigenvalue weighted by molar-refractivity contribution is 6.26. The smallest absolute Gasteiger partial charge is 0.138 e. The third-order valence-corrected chi connectivity index (χ3v) is 12.1. The minimum absolute atomic E-state index is 0.875. The molecule has 0 unspecified atom stereocenters. The number of anilines is 3. The number of benzene rings is 9. The average Bonchev–Trinajstić information content (AvgIpc) is 3.67. The van der Waals surface area contributed by atoms with E-state index >= 15 is 0 Å². The van der Waals surface area contributed by atoms with Gasteiger partial charge in [0.15, 0.2) is 0 Å². The van der Waals surface area contributed by atoms with E-state index in [1.807, 2.05) is 0 Å². The van der Waals surface area contributed by atoms with E-state index in [9.17, 15) is 0 Å². The lowest BCUT2D eigenvalue weighted by atomic mass is 9.86. The molecule has 11 aromatic rings. The highest BCUT2D eigenvalue weighted by atomic mass is 15.2. The Hall–Kier alpha value is -8.01. The van der Waals surface area contributed by atoms with Crippen molar-refractivity contribution < 1.29 is 0 Å². The monoisotopic (exact) mass is 763 g/mol. The van der Waals surface area contributed by atoms with Crippen LogP contribution in [0.4, 0.5) is 17.1 Å². The van der Waals surface area contributed by atoms with E-state index in [2.05, 4.69) is 234 Å². The predicted octanol–water partition coefficient (Wildman–Crippen LogP) is 15.5. The molecule has 3 nitrogen and oxygen atoms in total. The van der Waals surface area contributed by atoms with Gasteiger partial charge in [0.2, 0.25) is 0 Å². The van der Waals surface area contributed by atoms with Crippen molar-refractivity contribution in [1.82, 2.24) is 9.55 Å². The average molecular weight is 764 g/mol. The maximum Gasteiger partial charge on any atom is 0.138 e. The molecule has 12 rings (SSSR count). The Kier molecular flexibility index (Phi) is 7.85. The summed E-state index contributed by atoms with van der Waals surface area (Å²) in [5.74, 6) is 0.875. The normalized spacial score (nSPS) is 12.0. The zero-order chi connectivity index (χ0) is 39.6. The topological polar surface area (TPSA) is 21.1 Å². The molecule has 0 saturated heterocycles. The van der Waals surface area contributed by atoms with Crippen LogP contribution in [-0.4, -0.2) is 9.55 Å². The van der Waals surface area contributed by atoms with Crippen molar-refractivity contribution in [2.45, 2.75) is 0 Å². The molecule has 3 heteroatoms. The van der Waals surface area contributed by atoms with E-state index in [0.717, 1.165) is 44.9 Å². The molecule has 0 radical (unpaired) electrons. The number of hydrogen-bond donors (Lipinski definition) is 0. The van der Waals surface area contributed by atoms with Gasteiger partial charge in [0, 0.05) is 33.0 Å². The maximum atomic E-state index is 5.50. The molecule has 1 aliphatic heterocycles. The van der Waals surface area contributed by atoms with Gasteiger partial charge < -0.3 is 4.90 Å². The summed E-state index contributed by atoms with van der Waals surface area (Å²) in [5, 5.41) is 4.86. The Labute approximate surface area is 348 Å². The van der Waals surface area contributed by atoms with Crippen molar-refractivity contribution in [3.8, 4) is 61.6 Å². The molecule has 0 saturated carbocycles. The van der Waals surface area contributed by atoms with Crippen LogP contribution < -0.4 is 4.90 Å². The molecular formula is C57H37N3. The second-order valence-electron chi connectivity index (χ2n) is 15.5. The van der Waals surface area contributed by atoms with Gasteiger partial charge in [-0.2, -0.15) is 0 Å². The summed E-state index contributed by atoms with van der Waals surface area (Å²) in [5.41, 5.74) is 17.2. The lowest BCUT2D eigenvalue weighted by molar-refractivity contribution is 1.08. The minimum Gasteiger partial charge on any atom is -0.309 e. The fourth-order valence-electron chi connectivity index (χ4n) is 9.42. The second kappa shape index (κ2) is 13.8. The second-order valence-corrected chi connectivity index (χ2v) is 15.5. The molecule has 2 aromatic heterocycles. The highest BCUT2D eigenvalue weighted by Gasteiger charge is 2.31. The van der Waals surface area contributed by atoms with Gasteiger partial charge in [0.25, 0.3) is 0 Å². The van der Waals surface area contributed by atoms with E-state index in [-0.39, 0.29) is 0 Å². The zero-order valence-corrected chi connectivity index (χ0v) is 32.7. The number of para-hydroxylation sites is 1.